The van der Waals surface area contributed by atoms with Gasteiger partial charge in [0.1, 0.15) is 12.6 Å². The molecule has 0 aliphatic carbocycles. The molecule has 208 valence electrons. The van der Waals surface area contributed by atoms with E-state index in [1.54, 1.807) is 4.90 Å². The van der Waals surface area contributed by atoms with Crippen LogP contribution in [0.5, 0.6) is 0 Å². The van der Waals surface area contributed by atoms with E-state index in [1.807, 2.05) is 93.6 Å². The molecule has 0 saturated carbocycles. The molecule has 0 aliphatic rings. The lowest BCUT2D eigenvalue weighted by Crippen LogP contribution is -2.50. The fourth-order valence-electron chi connectivity index (χ4n) is 4.21. The number of nitrogens with one attached hydrogen (secondary N) is 1. The summed E-state index contributed by atoms with van der Waals surface area (Å²) in [6.07, 6.45) is 2.12. The van der Waals surface area contributed by atoms with Gasteiger partial charge in [0.2, 0.25) is 0 Å². The van der Waals surface area contributed by atoms with Crippen LogP contribution in [0.4, 0.5) is 4.79 Å². The minimum Gasteiger partial charge on any atom is -0.466 e. The second-order valence-electron chi connectivity index (χ2n) is 10.1. The Kier molecular flexibility index (Phi) is 11.8. The van der Waals surface area contributed by atoms with Crippen molar-refractivity contribution >= 4 is 28.7 Å². The Morgan fingerprint density at radius 3 is 2.31 bits per heavy atom. The monoisotopic (exact) mass is 532 g/mol. The van der Waals surface area contributed by atoms with Crippen molar-refractivity contribution in [3.8, 4) is 0 Å². The van der Waals surface area contributed by atoms with E-state index in [1.165, 1.54) is 0 Å². The van der Waals surface area contributed by atoms with Gasteiger partial charge in [-0.1, -0.05) is 100.0 Å². The number of rotatable bonds is 14. The Morgan fingerprint density at radius 2 is 1.59 bits per heavy atom. The van der Waals surface area contributed by atoms with Crippen molar-refractivity contribution in [2.75, 3.05) is 19.7 Å². The highest BCUT2D eigenvalue weighted by Crippen LogP contribution is 2.17. The Bertz CT molecular complexity index is 1210. The minimum atomic E-state index is -0.895. The molecule has 0 heterocycles. The summed E-state index contributed by atoms with van der Waals surface area (Å²) >= 11 is 0. The molecule has 0 fully saturated rings. The van der Waals surface area contributed by atoms with Crippen molar-refractivity contribution in [3.05, 3.63) is 83.9 Å². The summed E-state index contributed by atoms with van der Waals surface area (Å²) in [4.78, 5) is 40.4. The molecule has 0 unspecified atom stereocenters. The minimum absolute atomic E-state index is 0.0949. The molecule has 0 saturated heterocycles. The number of fused-ring (bicyclic) bond motifs is 1. The smallest absolute Gasteiger partial charge is 0.329 e. The second kappa shape index (κ2) is 15.5. The van der Waals surface area contributed by atoms with Gasteiger partial charge >= 0.3 is 18.0 Å². The molecule has 7 heteroatoms. The van der Waals surface area contributed by atoms with Crippen LogP contribution in [0.1, 0.15) is 51.2 Å². The van der Waals surface area contributed by atoms with Gasteiger partial charge < -0.3 is 19.7 Å². The average molecular weight is 533 g/mol. The molecular weight excluding hydrogens is 492 g/mol. The summed E-state index contributed by atoms with van der Waals surface area (Å²) in [5.74, 6) is -0.667. The number of nitrogens with zero attached hydrogens (tertiary/aromatic N) is 1. The summed E-state index contributed by atoms with van der Waals surface area (Å²) in [7, 11) is 0. The Hall–Kier alpha value is -3.87. The number of carbonyl (C=O) groups excluding carboxylic acids is 3. The number of ether oxygens (including phenoxy) is 2. The highest BCUT2D eigenvalue weighted by Gasteiger charge is 2.26. The van der Waals surface area contributed by atoms with Crippen LogP contribution in [0.25, 0.3) is 10.8 Å². The maximum absolute atomic E-state index is 13.4. The molecule has 3 aromatic carbocycles. The van der Waals surface area contributed by atoms with Crippen LogP contribution < -0.4 is 5.32 Å². The molecular formula is C32H40N2O5. The van der Waals surface area contributed by atoms with Gasteiger partial charge in [0.25, 0.3) is 0 Å². The molecule has 0 aromatic heterocycles. The lowest BCUT2D eigenvalue weighted by atomic mass is 10.0. The highest BCUT2D eigenvalue weighted by atomic mass is 16.5. The average Bonchev–Trinajstić information content (AvgIpc) is 2.94. The van der Waals surface area contributed by atoms with E-state index in [4.69, 9.17) is 9.47 Å². The van der Waals surface area contributed by atoms with Gasteiger partial charge in [-0.2, -0.15) is 0 Å². The van der Waals surface area contributed by atoms with Gasteiger partial charge in [0, 0.05) is 19.5 Å². The topological polar surface area (TPSA) is 84.9 Å². The first-order valence-corrected chi connectivity index (χ1v) is 13.7. The number of hydrogen-bond acceptors (Lipinski definition) is 5. The first-order chi connectivity index (χ1) is 18.9. The summed E-state index contributed by atoms with van der Waals surface area (Å²) in [6, 6.07) is 22.1. The van der Waals surface area contributed by atoms with Crippen molar-refractivity contribution < 1.29 is 23.9 Å². The fraction of sp³-hybridized carbons (Fsp3) is 0.406. The van der Waals surface area contributed by atoms with Crippen molar-refractivity contribution in [2.24, 2.45) is 5.92 Å². The lowest BCUT2D eigenvalue weighted by molar-refractivity contribution is -0.147. The molecule has 7 nitrogen and oxygen atoms in total. The number of benzene rings is 3. The standard InChI is InChI=1S/C32H40N2O5/c1-4-5-19-38-30(35)17-18-34(22-24(2)3)32(37)33-29(31(36)39-23-25-11-7-6-8-12-25)21-26-15-16-27-13-9-10-14-28(27)20-26/h6-16,20,24,29H,4-5,17-19,21-23H2,1-3H3,(H,33,37)/t29-/m0/s1. The third-order valence-corrected chi connectivity index (χ3v) is 6.28. The summed E-state index contributed by atoms with van der Waals surface area (Å²) in [5.41, 5.74) is 1.77. The number of urea groups is 1. The maximum Gasteiger partial charge on any atom is 0.329 e. The van der Waals surface area contributed by atoms with Crippen LogP contribution in [0.3, 0.4) is 0 Å². The molecule has 2 amide bonds. The summed E-state index contributed by atoms with van der Waals surface area (Å²) < 4.78 is 10.9. The summed E-state index contributed by atoms with van der Waals surface area (Å²) in [6.45, 7) is 7.17. The van der Waals surface area contributed by atoms with E-state index in [0.717, 1.165) is 34.7 Å². The van der Waals surface area contributed by atoms with Crippen LogP contribution in [0.15, 0.2) is 72.8 Å². The molecule has 0 bridgehead atoms. The predicted molar refractivity (Wildman–Crippen MR) is 153 cm³/mol. The molecule has 3 aromatic rings. The molecule has 0 spiro atoms. The number of esters is 2. The largest absolute Gasteiger partial charge is 0.466 e. The van der Waals surface area contributed by atoms with E-state index in [0.29, 0.717) is 13.2 Å². The van der Waals surface area contributed by atoms with E-state index in [-0.39, 0.29) is 37.9 Å². The van der Waals surface area contributed by atoms with Gasteiger partial charge in [-0.3, -0.25) is 4.79 Å². The van der Waals surface area contributed by atoms with Crippen LogP contribution >= 0.6 is 0 Å². The van der Waals surface area contributed by atoms with E-state index in [2.05, 4.69) is 5.32 Å². The van der Waals surface area contributed by atoms with Gasteiger partial charge in [0.15, 0.2) is 0 Å². The quantitative estimate of drug-likeness (QED) is 0.207. The normalized spacial score (nSPS) is 11.7. The molecule has 39 heavy (non-hydrogen) atoms. The molecule has 0 radical (unpaired) electrons. The van der Waals surface area contributed by atoms with Gasteiger partial charge in [-0.25, -0.2) is 9.59 Å². The third kappa shape index (κ3) is 10.1. The van der Waals surface area contributed by atoms with E-state index in [9.17, 15) is 14.4 Å². The van der Waals surface area contributed by atoms with Crippen molar-refractivity contribution in [3.63, 3.8) is 0 Å². The zero-order chi connectivity index (χ0) is 28.0. The van der Waals surface area contributed by atoms with Crippen LogP contribution in [-0.4, -0.2) is 48.6 Å². The predicted octanol–water partition coefficient (Wildman–Crippen LogP) is 5.90. The Labute approximate surface area is 231 Å². The number of carbonyl (C=O) groups is 3. The van der Waals surface area contributed by atoms with E-state index < -0.39 is 18.0 Å². The number of unbranched alkanes of at least 4 members (excludes halogenated alkanes) is 1. The third-order valence-electron chi connectivity index (χ3n) is 6.28. The molecule has 1 atom stereocenters. The van der Waals surface area contributed by atoms with Crippen molar-refractivity contribution in [2.45, 2.75) is 59.1 Å². The number of hydrogen-bond donors (Lipinski definition) is 1. The van der Waals surface area contributed by atoms with Crippen LogP contribution in [-0.2, 0) is 32.1 Å². The number of amides is 2. The van der Waals surface area contributed by atoms with E-state index >= 15 is 0 Å². The van der Waals surface area contributed by atoms with Gasteiger partial charge in [-0.15, -0.1) is 0 Å². The van der Waals surface area contributed by atoms with Crippen molar-refractivity contribution in [1.82, 2.24) is 10.2 Å². The van der Waals surface area contributed by atoms with Gasteiger partial charge in [-0.05, 0) is 34.2 Å². The molecule has 0 aliphatic heterocycles. The Balaban J connectivity index is 1.73. The molecule has 1 N–H and O–H groups in total. The second-order valence-corrected chi connectivity index (χ2v) is 10.1. The Morgan fingerprint density at radius 1 is 0.872 bits per heavy atom. The first kappa shape index (κ1) is 29.7. The summed E-state index contributed by atoms with van der Waals surface area (Å²) in [5, 5.41) is 5.05. The highest BCUT2D eigenvalue weighted by molar-refractivity contribution is 5.85. The zero-order valence-electron chi connectivity index (χ0n) is 23.2. The molecule has 3 rings (SSSR count). The fourth-order valence-corrected chi connectivity index (χ4v) is 4.21. The first-order valence-electron chi connectivity index (χ1n) is 13.7. The maximum atomic E-state index is 13.4. The zero-order valence-corrected chi connectivity index (χ0v) is 23.2. The van der Waals surface area contributed by atoms with Crippen LogP contribution in [0.2, 0.25) is 0 Å². The van der Waals surface area contributed by atoms with Gasteiger partial charge in [0.05, 0.1) is 13.0 Å². The van der Waals surface area contributed by atoms with Crippen molar-refractivity contribution in [1.29, 1.82) is 0 Å². The lowest BCUT2D eigenvalue weighted by Gasteiger charge is -2.27. The van der Waals surface area contributed by atoms with Crippen LogP contribution in [0, 0.1) is 5.92 Å². The SMILES string of the molecule is CCCCOC(=O)CCN(CC(C)C)C(=O)N[C@@H](Cc1ccc2ccccc2c1)C(=O)OCc1ccccc1.